The third-order valence-corrected chi connectivity index (χ3v) is 5.48. The van der Waals surface area contributed by atoms with Gasteiger partial charge in [0.05, 0.1) is 6.61 Å². The summed E-state index contributed by atoms with van der Waals surface area (Å²) in [7, 11) is 0. The number of anilines is 1. The van der Waals surface area contributed by atoms with E-state index >= 15 is 0 Å². The number of H-pyrrole nitrogens is 1. The van der Waals surface area contributed by atoms with Crippen molar-refractivity contribution < 1.29 is 14.3 Å². The van der Waals surface area contributed by atoms with E-state index in [9.17, 15) is 4.79 Å². The lowest BCUT2D eigenvalue weighted by atomic mass is 9.89. The number of unbranched alkanes of at least 4 members (excludes halogenated alkanes) is 1. The Morgan fingerprint density at radius 3 is 2.65 bits per heavy atom. The summed E-state index contributed by atoms with van der Waals surface area (Å²) in [6.07, 6.45) is 5.84. The van der Waals surface area contributed by atoms with Gasteiger partial charge in [-0.1, -0.05) is 40.2 Å². The Hall–Kier alpha value is -2.47. The average molecular weight is 428 g/mol. The van der Waals surface area contributed by atoms with E-state index in [1.54, 1.807) is 12.1 Å². The fourth-order valence-corrected chi connectivity index (χ4v) is 4.02. The second-order valence-corrected chi connectivity index (χ2v) is 9.65. The lowest BCUT2D eigenvalue weighted by molar-refractivity contribution is 0.154. The van der Waals surface area contributed by atoms with Gasteiger partial charge in [0.2, 0.25) is 0 Å². The second-order valence-electron chi connectivity index (χ2n) is 9.65. The normalized spacial score (nSPS) is 15.6. The fraction of sp³-hybridized carbons (Fsp3) is 0.560. The number of ether oxygens (including phenoxy) is 2. The van der Waals surface area contributed by atoms with Crippen molar-refractivity contribution in [2.45, 2.75) is 59.3 Å². The molecule has 1 amide bonds. The molecule has 170 valence electrons. The summed E-state index contributed by atoms with van der Waals surface area (Å²) >= 11 is 0. The van der Waals surface area contributed by atoms with E-state index in [-0.39, 0.29) is 0 Å². The van der Waals surface area contributed by atoms with Crippen LogP contribution in [0.1, 0.15) is 64.9 Å². The lowest BCUT2D eigenvalue weighted by Crippen LogP contribution is -2.38. The average Bonchev–Trinajstić information content (AvgIpc) is 3.16. The first-order valence-electron chi connectivity index (χ1n) is 11.4. The van der Waals surface area contributed by atoms with Gasteiger partial charge in [-0.3, -0.25) is 5.32 Å². The summed E-state index contributed by atoms with van der Waals surface area (Å²) in [5, 5.41) is 2.79. The maximum Gasteiger partial charge on any atom is 0.418 e. The highest BCUT2D eigenvalue weighted by atomic mass is 16.6. The number of hydrogen-bond acceptors (Lipinski definition) is 4. The molecule has 0 bridgehead atoms. The summed E-state index contributed by atoms with van der Waals surface area (Å²) in [5.74, 6) is 2.35. The minimum Gasteiger partial charge on any atom is -0.493 e. The number of nitrogens with one attached hydrogen (secondary N) is 2. The smallest absolute Gasteiger partial charge is 0.418 e. The van der Waals surface area contributed by atoms with Crippen molar-refractivity contribution in [3.05, 3.63) is 42.1 Å². The van der Waals surface area contributed by atoms with Crippen LogP contribution in [0.25, 0.3) is 0 Å². The third-order valence-electron chi connectivity index (χ3n) is 5.48. The van der Waals surface area contributed by atoms with Gasteiger partial charge in [-0.2, -0.15) is 0 Å². The zero-order chi connectivity index (χ0) is 22.3. The first-order valence-corrected chi connectivity index (χ1v) is 11.4. The van der Waals surface area contributed by atoms with E-state index < -0.39 is 6.09 Å². The Morgan fingerprint density at radius 1 is 1.19 bits per heavy atom. The van der Waals surface area contributed by atoms with Gasteiger partial charge in [0.25, 0.3) is 0 Å². The van der Waals surface area contributed by atoms with Crippen molar-refractivity contribution in [3.63, 3.8) is 0 Å². The zero-order valence-corrected chi connectivity index (χ0v) is 19.4. The maximum absolute atomic E-state index is 12.3. The minimum absolute atomic E-state index is 0.333. The van der Waals surface area contributed by atoms with Gasteiger partial charge in [0.1, 0.15) is 17.3 Å². The molecule has 1 saturated heterocycles. The highest BCUT2D eigenvalue weighted by Gasteiger charge is 2.24. The van der Waals surface area contributed by atoms with Gasteiger partial charge >= 0.3 is 6.09 Å². The Labute approximate surface area is 186 Å². The molecular weight excluding hydrogens is 390 g/mol. The van der Waals surface area contributed by atoms with Crippen molar-refractivity contribution in [1.82, 2.24) is 9.88 Å². The van der Waals surface area contributed by atoms with Crippen LogP contribution in [0.15, 0.2) is 36.5 Å². The molecule has 1 aliphatic heterocycles. The molecule has 2 aromatic rings. The lowest BCUT2D eigenvalue weighted by Gasteiger charge is -2.35. The molecule has 6 nitrogen and oxygen atoms in total. The van der Waals surface area contributed by atoms with Gasteiger partial charge in [-0.05, 0) is 67.4 Å². The second kappa shape index (κ2) is 10.7. The van der Waals surface area contributed by atoms with Crippen molar-refractivity contribution in [2.75, 3.05) is 31.6 Å². The Morgan fingerprint density at radius 2 is 1.94 bits per heavy atom. The molecule has 0 radical (unpaired) electrons. The SMILES string of the molecule is CCCCOc1cccc(OC(=O)Nc2cc(C3CCN(CC(C)(C)C)CC3)c[nH]2)c1. The van der Waals surface area contributed by atoms with Crippen LogP contribution in [0, 0.1) is 5.41 Å². The molecule has 0 spiro atoms. The number of aromatic nitrogens is 1. The largest absolute Gasteiger partial charge is 0.493 e. The van der Waals surface area contributed by atoms with E-state index in [0.29, 0.717) is 35.3 Å². The predicted octanol–water partition coefficient (Wildman–Crippen LogP) is 6.03. The summed E-state index contributed by atoms with van der Waals surface area (Å²) in [6.45, 7) is 13.0. The van der Waals surface area contributed by atoms with E-state index in [4.69, 9.17) is 9.47 Å². The number of rotatable bonds is 8. The van der Waals surface area contributed by atoms with Crippen LogP contribution in [0.5, 0.6) is 11.5 Å². The van der Waals surface area contributed by atoms with Gasteiger partial charge in [0, 0.05) is 18.8 Å². The van der Waals surface area contributed by atoms with Crippen molar-refractivity contribution >= 4 is 11.9 Å². The van der Waals surface area contributed by atoms with Crippen molar-refractivity contribution in [1.29, 1.82) is 0 Å². The summed E-state index contributed by atoms with van der Waals surface area (Å²) in [4.78, 5) is 18.0. The van der Waals surface area contributed by atoms with Crippen molar-refractivity contribution in [2.24, 2.45) is 5.41 Å². The van der Waals surface area contributed by atoms with Crippen LogP contribution < -0.4 is 14.8 Å². The van der Waals surface area contributed by atoms with Gasteiger partial charge in [-0.25, -0.2) is 4.79 Å². The number of carbonyl (C=O) groups is 1. The standard InChI is InChI=1S/C25H37N3O3/c1-5-6-14-30-21-8-7-9-22(16-21)31-24(29)27-23-15-20(17-26-23)19-10-12-28(13-11-19)18-25(2,3)4/h7-9,15-17,19,26H,5-6,10-14,18H2,1-4H3,(H,27,29). The van der Waals surface area contributed by atoms with E-state index in [1.165, 1.54) is 5.56 Å². The highest BCUT2D eigenvalue weighted by molar-refractivity contribution is 5.85. The van der Waals surface area contributed by atoms with Crippen LogP contribution in [0.2, 0.25) is 0 Å². The number of hydrogen-bond donors (Lipinski definition) is 2. The van der Waals surface area contributed by atoms with E-state index in [1.807, 2.05) is 24.4 Å². The first-order chi connectivity index (χ1) is 14.8. The van der Waals surface area contributed by atoms with Crippen LogP contribution >= 0.6 is 0 Å². The minimum atomic E-state index is -0.515. The zero-order valence-electron chi connectivity index (χ0n) is 19.4. The first kappa shape index (κ1) is 23.2. The number of carbonyl (C=O) groups excluding carboxylic acids is 1. The van der Waals surface area contributed by atoms with Crippen molar-refractivity contribution in [3.8, 4) is 11.5 Å². The van der Waals surface area contributed by atoms with Crippen LogP contribution in [-0.2, 0) is 0 Å². The quantitative estimate of drug-likeness (QED) is 0.505. The number of aromatic amines is 1. The topological polar surface area (TPSA) is 66.6 Å². The molecule has 6 heteroatoms. The number of piperidine rings is 1. The number of nitrogens with zero attached hydrogens (tertiary/aromatic N) is 1. The molecule has 3 rings (SSSR count). The molecule has 1 aliphatic rings. The Balaban J connectivity index is 1.48. The Kier molecular flexibility index (Phi) is 8.02. The molecule has 2 heterocycles. The number of amides is 1. The van der Waals surface area contributed by atoms with E-state index in [0.717, 1.165) is 45.3 Å². The Bertz CT molecular complexity index is 833. The molecule has 1 aromatic carbocycles. The number of benzene rings is 1. The van der Waals surface area contributed by atoms with Gasteiger partial charge in [0.15, 0.2) is 0 Å². The molecular formula is C25H37N3O3. The summed E-state index contributed by atoms with van der Waals surface area (Å²) < 4.78 is 11.1. The summed E-state index contributed by atoms with van der Waals surface area (Å²) in [5.41, 5.74) is 1.58. The van der Waals surface area contributed by atoms with Gasteiger partial charge < -0.3 is 19.4 Å². The predicted molar refractivity (Wildman–Crippen MR) is 125 cm³/mol. The molecule has 2 N–H and O–H groups in total. The van der Waals surface area contributed by atoms with Crippen LogP contribution in [0.4, 0.5) is 10.6 Å². The molecule has 1 aromatic heterocycles. The van der Waals surface area contributed by atoms with Gasteiger partial charge in [-0.15, -0.1) is 0 Å². The molecule has 0 aliphatic carbocycles. The third kappa shape index (κ3) is 7.62. The molecule has 0 unspecified atom stereocenters. The summed E-state index contributed by atoms with van der Waals surface area (Å²) in [6, 6.07) is 9.20. The van der Waals surface area contributed by atoms with E-state index in [2.05, 4.69) is 42.9 Å². The molecule has 1 fully saturated rings. The fourth-order valence-electron chi connectivity index (χ4n) is 4.02. The monoisotopic (exact) mass is 427 g/mol. The number of likely N-dealkylation sites (tertiary alicyclic amines) is 1. The highest BCUT2D eigenvalue weighted by Crippen LogP contribution is 2.31. The van der Waals surface area contributed by atoms with Crippen LogP contribution in [-0.4, -0.2) is 42.2 Å². The molecule has 31 heavy (non-hydrogen) atoms. The maximum atomic E-state index is 12.3. The molecule has 0 atom stereocenters. The van der Waals surface area contributed by atoms with Crippen LogP contribution in [0.3, 0.4) is 0 Å². The molecule has 0 saturated carbocycles.